The van der Waals surface area contributed by atoms with Gasteiger partial charge in [0, 0.05) is 49.3 Å². The predicted molar refractivity (Wildman–Crippen MR) is 113 cm³/mol. The first-order valence-corrected chi connectivity index (χ1v) is 9.96. The molecule has 2 aromatic rings. The molecule has 0 aromatic heterocycles. The molecule has 29 heavy (non-hydrogen) atoms. The Morgan fingerprint density at radius 3 is 1.79 bits per heavy atom. The summed E-state index contributed by atoms with van der Waals surface area (Å²) < 4.78 is 6.66. The van der Waals surface area contributed by atoms with Crippen LogP contribution in [0.25, 0.3) is 0 Å². The number of carboxylic acids is 2. The number of nitrogens with zero attached hydrogens (tertiary/aromatic N) is 2. The summed E-state index contributed by atoms with van der Waals surface area (Å²) in [7, 11) is 1.74. The molecule has 0 amide bonds. The van der Waals surface area contributed by atoms with Gasteiger partial charge >= 0.3 is 11.9 Å². The van der Waals surface area contributed by atoms with Crippen molar-refractivity contribution in [3.05, 3.63) is 64.1 Å². The molecule has 1 aliphatic rings. The largest absolute Gasteiger partial charge is 0.496 e. The Labute approximate surface area is 178 Å². The Kier molecular flexibility index (Phi) is 9.11. The first-order valence-electron chi connectivity index (χ1n) is 9.17. The van der Waals surface area contributed by atoms with Crippen LogP contribution in [0.2, 0.25) is 0 Å². The van der Waals surface area contributed by atoms with E-state index in [-0.39, 0.29) is 0 Å². The molecule has 0 spiro atoms. The molecule has 1 heterocycles. The summed E-state index contributed by atoms with van der Waals surface area (Å²) in [6.45, 7) is 6.40. The van der Waals surface area contributed by atoms with Gasteiger partial charge in [0.05, 0.1) is 7.11 Å². The first-order chi connectivity index (χ1) is 13.9. The van der Waals surface area contributed by atoms with Crippen LogP contribution >= 0.6 is 15.9 Å². The lowest BCUT2D eigenvalue weighted by Crippen LogP contribution is -2.45. The summed E-state index contributed by atoms with van der Waals surface area (Å²) in [4.78, 5) is 23.2. The number of benzene rings is 2. The molecule has 8 heteroatoms. The number of carbonyl (C=O) groups is 2. The number of methoxy groups -OCH3 is 1. The van der Waals surface area contributed by atoms with E-state index in [9.17, 15) is 0 Å². The number of hydrogen-bond acceptors (Lipinski definition) is 5. The number of carboxylic acid groups (broad SMARTS) is 2. The van der Waals surface area contributed by atoms with E-state index in [4.69, 9.17) is 24.5 Å². The normalized spacial score (nSPS) is 14.6. The van der Waals surface area contributed by atoms with Crippen LogP contribution in [-0.2, 0) is 22.7 Å². The first kappa shape index (κ1) is 22.9. The minimum atomic E-state index is -1.82. The van der Waals surface area contributed by atoms with Gasteiger partial charge in [0.15, 0.2) is 0 Å². The van der Waals surface area contributed by atoms with E-state index in [0.717, 1.165) is 45.0 Å². The average molecular weight is 465 g/mol. The molecule has 0 saturated carbocycles. The van der Waals surface area contributed by atoms with Crippen molar-refractivity contribution in [1.82, 2.24) is 9.80 Å². The molecular weight excluding hydrogens is 440 g/mol. The number of aliphatic carboxylic acids is 2. The quantitative estimate of drug-likeness (QED) is 0.657. The van der Waals surface area contributed by atoms with E-state index < -0.39 is 11.9 Å². The number of hydrogen-bond donors (Lipinski definition) is 2. The van der Waals surface area contributed by atoms with E-state index in [1.54, 1.807) is 7.11 Å². The summed E-state index contributed by atoms with van der Waals surface area (Å²) in [5.74, 6) is -2.66. The number of halogens is 1. The zero-order valence-electron chi connectivity index (χ0n) is 16.3. The minimum absolute atomic E-state index is 0.965. The van der Waals surface area contributed by atoms with E-state index in [2.05, 4.69) is 62.1 Å². The molecule has 0 bridgehead atoms. The second kappa shape index (κ2) is 11.5. The van der Waals surface area contributed by atoms with Crippen molar-refractivity contribution in [3.63, 3.8) is 0 Å². The molecule has 1 saturated heterocycles. The van der Waals surface area contributed by atoms with Gasteiger partial charge in [0.1, 0.15) is 5.75 Å². The summed E-state index contributed by atoms with van der Waals surface area (Å²) >= 11 is 3.64. The summed E-state index contributed by atoms with van der Waals surface area (Å²) in [5.41, 5.74) is 2.64. The van der Waals surface area contributed by atoms with E-state index in [1.807, 2.05) is 12.1 Å². The second-order valence-corrected chi connectivity index (χ2v) is 7.42. The molecular formula is C21H25BrN2O5. The van der Waals surface area contributed by atoms with Gasteiger partial charge < -0.3 is 14.9 Å². The molecule has 0 unspecified atom stereocenters. The maximum Gasteiger partial charge on any atom is 0.414 e. The Morgan fingerprint density at radius 2 is 1.31 bits per heavy atom. The van der Waals surface area contributed by atoms with Gasteiger partial charge in [-0.25, -0.2) is 9.59 Å². The zero-order valence-corrected chi connectivity index (χ0v) is 17.8. The Bertz CT molecular complexity index is 810. The molecule has 1 fully saturated rings. The van der Waals surface area contributed by atoms with Crippen LogP contribution in [-0.4, -0.2) is 65.2 Å². The number of ether oxygens (including phenoxy) is 1. The molecule has 0 radical (unpaired) electrons. The SMILES string of the molecule is COc1ccccc1CN1CCN(Cc2ccccc2Br)CC1.O=C(O)C(=O)O. The average Bonchev–Trinajstić information content (AvgIpc) is 2.72. The minimum Gasteiger partial charge on any atom is -0.496 e. The van der Waals surface area contributed by atoms with Crippen LogP contribution in [0.5, 0.6) is 5.75 Å². The van der Waals surface area contributed by atoms with Crippen LogP contribution in [0.15, 0.2) is 53.0 Å². The summed E-state index contributed by atoms with van der Waals surface area (Å²) in [5, 5.41) is 14.8. The van der Waals surface area contributed by atoms with Crippen molar-refractivity contribution in [2.45, 2.75) is 13.1 Å². The highest BCUT2D eigenvalue weighted by Crippen LogP contribution is 2.21. The lowest BCUT2D eigenvalue weighted by molar-refractivity contribution is -0.159. The zero-order chi connectivity index (χ0) is 21.2. The van der Waals surface area contributed by atoms with Crippen LogP contribution in [0, 0.1) is 0 Å². The van der Waals surface area contributed by atoms with Crippen LogP contribution in [0.3, 0.4) is 0 Å². The van der Waals surface area contributed by atoms with Crippen LogP contribution < -0.4 is 4.74 Å². The monoisotopic (exact) mass is 464 g/mol. The Hall–Kier alpha value is -2.42. The summed E-state index contributed by atoms with van der Waals surface area (Å²) in [6.07, 6.45) is 0. The third kappa shape index (κ3) is 7.49. The lowest BCUT2D eigenvalue weighted by atomic mass is 10.1. The molecule has 2 N–H and O–H groups in total. The third-order valence-electron chi connectivity index (χ3n) is 4.59. The molecule has 0 aliphatic carbocycles. The fourth-order valence-electron chi connectivity index (χ4n) is 3.05. The molecule has 2 aromatic carbocycles. The van der Waals surface area contributed by atoms with Crippen LogP contribution in [0.1, 0.15) is 11.1 Å². The van der Waals surface area contributed by atoms with E-state index in [1.165, 1.54) is 15.6 Å². The third-order valence-corrected chi connectivity index (χ3v) is 5.36. The second-order valence-electron chi connectivity index (χ2n) is 6.57. The smallest absolute Gasteiger partial charge is 0.414 e. The van der Waals surface area contributed by atoms with Crippen molar-refractivity contribution in [1.29, 1.82) is 0 Å². The van der Waals surface area contributed by atoms with Gasteiger partial charge in [-0.2, -0.15) is 0 Å². The van der Waals surface area contributed by atoms with Gasteiger partial charge in [0.2, 0.25) is 0 Å². The molecule has 1 aliphatic heterocycles. The van der Waals surface area contributed by atoms with E-state index in [0.29, 0.717) is 0 Å². The van der Waals surface area contributed by atoms with Crippen LogP contribution in [0.4, 0.5) is 0 Å². The fourth-order valence-corrected chi connectivity index (χ4v) is 3.46. The standard InChI is InChI=1S/C19H23BrN2O.C2H2O4/c1-23-19-9-5-3-7-17(19)15-22-12-10-21(11-13-22)14-16-6-2-4-8-18(16)20;3-1(4)2(5)6/h2-9H,10-15H2,1H3;(H,3,4)(H,5,6). The highest BCUT2D eigenvalue weighted by atomic mass is 79.9. The van der Waals surface area contributed by atoms with Gasteiger partial charge in [-0.3, -0.25) is 9.80 Å². The van der Waals surface area contributed by atoms with Crippen molar-refractivity contribution in [3.8, 4) is 5.75 Å². The highest BCUT2D eigenvalue weighted by molar-refractivity contribution is 9.10. The van der Waals surface area contributed by atoms with Crippen molar-refractivity contribution < 1.29 is 24.5 Å². The van der Waals surface area contributed by atoms with Crippen molar-refractivity contribution in [2.24, 2.45) is 0 Å². The van der Waals surface area contributed by atoms with E-state index >= 15 is 0 Å². The van der Waals surface area contributed by atoms with Gasteiger partial charge in [-0.15, -0.1) is 0 Å². The molecule has 156 valence electrons. The van der Waals surface area contributed by atoms with Gasteiger partial charge in [-0.1, -0.05) is 52.3 Å². The predicted octanol–water partition coefficient (Wildman–Crippen LogP) is 2.93. The Morgan fingerprint density at radius 1 is 0.862 bits per heavy atom. The van der Waals surface area contributed by atoms with Crippen molar-refractivity contribution >= 4 is 27.9 Å². The number of piperazine rings is 1. The van der Waals surface area contributed by atoms with Gasteiger partial charge in [0.25, 0.3) is 0 Å². The topological polar surface area (TPSA) is 90.3 Å². The lowest BCUT2D eigenvalue weighted by Gasteiger charge is -2.35. The van der Waals surface area contributed by atoms with Gasteiger partial charge in [-0.05, 0) is 17.7 Å². The molecule has 0 atom stereocenters. The fraction of sp³-hybridized carbons (Fsp3) is 0.333. The molecule has 7 nitrogen and oxygen atoms in total. The summed E-state index contributed by atoms with van der Waals surface area (Å²) in [6, 6.07) is 16.8. The number of para-hydroxylation sites is 1. The maximum atomic E-state index is 9.10. The molecule has 3 rings (SSSR count). The van der Waals surface area contributed by atoms with Crippen molar-refractivity contribution in [2.75, 3.05) is 33.3 Å². The Balaban J connectivity index is 0.000000438. The highest BCUT2D eigenvalue weighted by Gasteiger charge is 2.18. The number of rotatable bonds is 5. The maximum absolute atomic E-state index is 9.10.